The van der Waals surface area contributed by atoms with Crippen LogP contribution in [0.3, 0.4) is 0 Å². The van der Waals surface area contributed by atoms with E-state index in [9.17, 15) is 29.1 Å². The minimum Gasteiger partial charge on any atom is -0.481 e. The highest BCUT2D eigenvalue weighted by molar-refractivity contribution is 5.95. The fourth-order valence-electron chi connectivity index (χ4n) is 5.41. The lowest BCUT2D eigenvalue weighted by Gasteiger charge is -2.26. The smallest absolute Gasteiger partial charge is 0.326 e. The van der Waals surface area contributed by atoms with E-state index >= 15 is 0 Å². The molecule has 2 heterocycles. The molecule has 13 nitrogen and oxygen atoms in total. The minimum atomic E-state index is -1.49. The maximum absolute atomic E-state index is 13.7. The monoisotopic (exact) mass is 632 g/mol. The summed E-state index contributed by atoms with van der Waals surface area (Å²) >= 11 is 0. The van der Waals surface area contributed by atoms with Gasteiger partial charge in [0.25, 0.3) is 0 Å². The number of H-pyrrole nitrogens is 2. The zero-order chi connectivity index (χ0) is 33.4. The number of aromatic amines is 2. The van der Waals surface area contributed by atoms with Gasteiger partial charge in [-0.15, -0.1) is 0 Å². The highest BCUT2D eigenvalue weighted by Gasteiger charge is 2.31. The van der Waals surface area contributed by atoms with E-state index in [1.807, 2.05) is 62.4 Å². The van der Waals surface area contributed by atoms with Crippen LogP contribution in [-0.4, -0.2) is 74.0 Å². The van der Waals surface area contributed by atoms with Gasteiger partial charge in [0.15, 0.2) is 0 Å². The van der Waals surface area contributed by atoms with Gasteiger partial charge < -0.3 is 41.9 Å². The Kier molecular flexibility index (Phi) is 11.2. The number of carboxylic acids is 2. The topological polar surface area (TPSA) is 219 Å². The Bertz CT molecular complexity index is 1710. The van der Waals surface area contributed by atoms with Crippen molar-refractivity contribution in [1.29, 1.82) is 0 Å². The van der Waals surface area contributed by atoms with Crippen molar-refractivity contribution < 1.29 is 34.2 Å². The fourth-order valence-corrected chi connectivity index (χ4v) is 5.41. The molecule has 0 aliphatic rings. The molecule has 9 N–H and O–H groups in total. The Hall–Kier alpha value is -5.17. The third-order valence-electron chi connectivity index (χ3n) is 7.79. The van der Waals surface area contributed by atoms with Gasteiger partial charge in [-0.3, -0.25) is 19.2 Å². The predicted octanol–water partition coefficient (Wildman–Crippen LogP) is 2.21. The summed E-state index contributed by atoms with van der Waals surface area (Å²) in [5.74, 6) is -4.61. The molecule has 4 rings (SSSR count). The van der Waals surface area contributed by atoms with Crippen LogP contribution in [0.15, 0.2) is 60.9 Å². The summed E-state index contributed by atoms with van der Waals surface area (Å²) in [6.45, 7) is 3.77. The number of aromatic nitrogens is 2. The molecule has 46 heavy (non-hydrogen) atoms. The van der Waals surface area contributed by atoms with E-state index in [1.54, 1.807) is 12.4 Å². The first-order chi connectivity index (χ1) is 21.9. The maximum Gasteiger partial charge on any atom is 0.326 e. The second-order valence-corrected chi connectivity index (χ2v) is 11.8. The number of aliphatic carboxylic acids is 2. The molecule has 0 bridgehead atoms. The van der Waals surface area contributed by atoms with E-state index in [0.29, 0.717) is 5.56 Å². The van der Waals surface area contributed by atoms with E-state index < -0.39 is 60.2 Å². The molecular formula is C33H40N6O7. The summed E-state index contributed by atoms with van der Waals surface area (Å²) in [5.41, 5.74) is 9.55. The molecule has 2 aromatic carbocycles. The van der Waals surface area contributed by atoms with Gasteiger partial charge in [0.1, 0.15) is 18.1 Å². The quantitative estimate of drug-likeness (QED) is 0.0913. The Labute approximate surface area is 265 Å². The van der Waals surface area contributed by atoms with E-state index in [0.717, 1.165) is 27.4 Å². The summed E-state index contributed by atoms with van der Waals surface area (Å²) in [7, 11) is 0. The van der Waals surface area contributed by atoms with Gasteiger partial charge >= 0.3 is 11.9 Å². The van der Waals surface area contributed by atoms with Crippen LogP contribution in [0.4, 0.5) is 0 Å². The van der Waals surface area contributed by atoms with Crippen molar-refractivity contribution in [3.05, 3.63) is 72.1 Å². The van der Waals surface area contributed by atoms with Crippen molar-refractivity contribution in [1.82, 2.24) is 25.9 Å². The van der Waals surface area contributed by atoms with Gasteiger partial charge in [0.05, 0.1) is 6.04 Å². The number of nitrogens with two attached hydrogens (primary N) is 1. The van der Waals surface area contributed by atoms with Gasteiger partial charge in [0.2, 0.25) is 17.7 Å². The van der Waals surface area contributed by atoms with Crippen molar-refractivity contribution >= 4 is 51.5 Å². The number of carbonyl (C=O) groups is 5. The lowest BCUT2D eigenvalue weighted by atomic mass is 9.99. The van der Waals surface area contributed by atoms with Crippen molar-refractivity contribution in [2.75, 3.05) is 0 Å². The van der Waals surface area contributed by atoms with Gasteiger partial charge in [-0.2, -0.15) is 0 Å². The Balaban J connectivity index is 1.53. The molecular weight excluding hydrogens is 592 g/mol. The first-order valence-corrected chi connectivity index (χ1v) is 15.1. The third-order valence-corrected chi connectivity index (χ3v) is 7.79. The molecule has 0 saturated carbocycles. The molecule has 0 saturated heterocycles. The van der Waals surface area contributed by atoms with Crippen molar-refractivity contribution in [3.8, 4) is 0 Å². The number of hydrogen-bond donors (Lipinski definition) is 8. The number of para-hydroxylation sites is 2. The van der Waals surface area contributed by atoms with Crippen LogP contribution in [0, 0.1) is 5.92 Å². The number of carbonyl (C=O) groups excluding carboxylic acids is 3. The van der Waals surface area contributed by atoms with Crippen molar-refractivity contribution in [3.63, 3.8) is 0 Å². The average Bonchev–Trinajstić information content (AvgIpc) is 3.61. The van der Waals surface area contributed by atoms with Gasteiger partial charge in [-0.05, 0) is 48.4 Å². The standard InChI is InChI=1S/C33H40N6O7/c1-18(2)13-27(38-30(42)23(34)14-19-16-35-24-9-5-3-7-21(19)24)31(43)39-28(15-20-17-36-25-10-6-4-8-22(20)25)32(44)37-26(33(45)46)11-12-29(40)41/h3-10,16-18,23,26-28,35-36H,11-15,34H2,1-2H3,(H,37,44)(H,38,42)(H,39,43)(H,40,41)(H,45,46). The van der Waals surface area contributed by atoms with Gasteiger partial charge in [-0.25, -0.2) is 4.79 Å². The lowest BCUT2D eigenvalue weighted by molar-refractivity contribution is -0.143. The normalized spacial score (nSPS) is 14.0. The molecule has 244 valence electrons. The molecule has 13 heteroatoms. The second kappa shape index (κ2) is 15.2. The molecule has 2 aromatic heterocycles. The molecule has 4 unspecified atom stereocenters. The molecule has 4 aromatic rings. The maximum atomic E-state index is 13.7. The highest BCUT2D eigenvalue weighted by atomic mass is 16.4. The number of fused-ring (bicyclic) bond motifs is 2. The fraction of sp³-hybridized carbons (Fsp3) is 0.364. The summed E-state index contributed by atoms with van der Waals surface area (Å²) in [6.07, 6.45) is 3.15. The molecule has 0 radical (unpaired) electrons. The molecule has 0 fully saturated rings. The van der Waals surface area contributed by atoms with Gasteiger partial charge in [0, 0.05) is 47.0 Å². The molecule has 3 amide bonds. The van der Waals surface area contributed by atoms with Crippen LogP contribution in [0.5, 0.6) is 0 Å². The summed E-state index contributed by atoms with van der Waals surface area (Å²) in [5, 5.41) is 28.2. The van der Waals surface area contributed by atoms with Crippen LogP contribution in [-0.2, 0) is 36.8 Å². The third kappa shape index (κ3) is 8.72. The first kappa shape index (κ1) is 33.7. The van der Waals surface area contributed by atoms with Crippen LogP contribution >= 0.6 is 0 Å². The van der Waals surface area contributed by atoms with E-state index in [-0.39, 0.29) is 31.6 Å². The van der Waals surface area contributed by atoms with Crippen molar-refractivity contribution in [2.45, 2.75) is 70.1 Å². The van der Waals surface area contributed by atoms with Gasteiger partial charge in [-0.1, -0.05) is 50.2 Å². The van der Waals surface area contributed by atoms with E-state index in [1.165, 1.54) is 0 Å². The summed E-state index contributed by atoms with van der Waals surface area (Å²) in [6, 6.07) is 10.3. The number of benzene rings is 2. The average molecular weight is 633 g/mol. The minimum absolute atomic E-state index is 0.00468. The first-order valence-electron chi connectivity index (χ1n) is 15.1. The summed E-state index contributed by atoms with van der Waals surface area (Å²) < 4.78 is 0. The van der Waals surface area contributed by atoms with Crippen LogP contribution in [0.25, 0.3) is 21.8 Å². The molecule has 0 spiro atoms. The van der Waals surface area contributed by atoms with Crippen LogP contribution in [0.1, 0.15) is 44.2 Å². The van der Waals surface area contributed by atoms with Crippen molar-refractivity contribution in [2.24, 2.45) is 11.7 Å². The predicted molar refractivity (Wildman–Crippen MR) is 172 cm³/mol. The number of carboxylic acid groups (broad SMARTS) is 2. The Morgan fingerprint density at radius 2 is 1.22 bits per heavy atom. The number of hydrogen-bond acceptors (Lipinski definition) is 6. The van der Waals surface area contributed by atoms with E-state index in [4.69, 9.17) is 10.8 Å². The number of nitrogens with one attached hydrogen (secondary N) is 5. The van der Waals surface area contributed by atoms with Crippen LogP contribution in [0.2, 0.25) is 0 Å². The lowest BCUT2D eigenvalue weighted by Crippen LogP contribution is -2.58. The van der Waals surface area contributed by atoms with Crippen LogP contribution < -0.4 is 21.7 Å². The largest absolute Gasteiger partial charge is 0.481 e. The zero-order valence-corrected chi connectivity index (χ0v) is 25.7. The Morgan fingerprint density at radius 3 is 1.76 bits per heavy atom. The highest BCUT2D eigenvalue weighted by Crippen LogP contribution is 2.21. The Morgan fingerprint density at radius 1 is 0.717 bits per heavy atom. The van der Waals surface area contributed by atoms with E-state index in [2.05, 4.69) is 25.9 Å². The second-order valence-electron chi connectivity index (χ2n) is 11.8. The molecule has 0 aliphatic heterocycles. The molecule has 0 aliphatic carbocycles. The molecule has 4 atom stereocenters. The zero-order valence-electron chi connectivity index (χ0n) is 25.7. The SMILES string of the molecule is CC(C)CC(NC(=O)C(N)Cc1c[nH]c2ccccc12)C(=O)NC(Cc1c[nH]c2ccccc12)C(=O)NC(CCC(=O)O)C(=O)O. The number of rotatable bonds is 16. The summed E-state index contributed by atoms with van der Waals surface area (Å²) in [4.78, 5) is 69.6. The number of amides is 3.